The number of anilines is 1. The van der Waals surface area contributed by atoms with E-state index in [1.165, 1.54) is 0 Å². The van der Waals surface area contributed by atoms with Crippen LogP contribution in [0, 0.1) is 6.92 Å². The van der Waals surface area contributed by atoms with E-state index in [-0.39, 0.29) is 11.8 Å². The highest BCUT2D eigenvalue weighted by atomic mass is 16.2. The molecule has 2 amide bonds. The highest BCUT2D eigenvalue weighted by Crippen LogP contribution is 2.26. The maximum Gasteiger partial charge on any atom is 0.257 e. The fraction of sp³-hybridized carbons (Fsp3) is 0.250. The van der Waals surface area contributed by atoms with Crippen LogP contribution in [0.25, 0.3) is 10.9 Å². The van der Waals surface area contributed by atoms with Crippen molar-refractivity contribution in [3.63, 3.8) is 0 Å². The van der Waals surface area contributed by atoms with Gasteiger partial charge in [-0.1, -0.05) is 6.07 Å². The molecule has 0 bridgehead atoms. The van der Waals surface area contributed by atoms with Crippen LogP contribution in [-0.4, -0.2) is 33.2 Å². The average Bonchev–Trinajstić information content (AvgIpc) is 3.02. The maximum atomic E-state index is 12.9. The van der Waals surface area contributed by atoms with Gasteiger partial charge in [0.2, 0.25) is 5.91 Å². The summed E-state index contributed by atoms with van der Waals surface area (Å²) in [4.78, 5) is 33.8. The Morgan fingerprint density at radius 2 is 2.12 bits per heavy atom. The molecule has 2 aromatic heterocycles. The molecule has 2 N–H and O–H groups in total. The highest BCUT2D eigenvalue weighted by Gasteiger charge is 2.23. The highest BCUT2D eigenvalue weighted by molar-refractivity contribution is 6.09. The van der Waals surface area contributed by atoms with E-state index in [0.29, 0.717) is 25.1 Å². The van der Waals surface area contributed by atoms with E-state index in [2.05, 4.69) is 15.3 Å². The molecule has 0 saturated carbocycles. The third-order valence-corrected chi connectivity index (χ3v) is 4.88. The molecule has 132 valence electrons. The lowest BCUT2D eigenvalue weighted by Gasteiger charge is -2.28. The lowest BCUT2D eigenvalue weighted by Crippen LogP contribution is -2.35. The second kappa shape index (κ2) is 6.29. The summed E-state index contributed by atoms with van der Waals surface area (Å²) in [6, 6.07) is 7.82. The Morgan fingerprint density at radius 1 is 1.27 bits per heavy atom. The van der Waals surface area contributed by atoms with E-state index >= 15 is 0 Å². The number of benzene rings is 1. The van der Waals surface area contributed by atoms with Gasteiger partial charge in [0.05, 0.1) is 11.3 Å². The van der Waals surface area contributed by atoms with E-state index in [9.17, 15) is 9.59 Å². The molecule has 4 rings (SSSR count). The molecule has 0 radical (unpaired) electrons. The Morgan fingerprint density at radius 3 is 2.92 bits per heavy atom. The van der Waals surface area contributed by atoms with Gasteiger partial charge in [-0.05, 0) is 42.7 Å². The number of aromatic amines is 1. The van der Waals surface area contributed by atoms with E-state index in [1.54, 1.807) is 24.2 Å². The van der Waals surface area contributed by atoms with Crippen molar-refractivity contribution in [2.24, 2.45) is 0 Å². The number of H-pyrrole nitrogens is 1. The molecule has 0 saturated heterocycles. The standard InChI is InChI=1S/C20H20N4O2/c1-12-8-16-18(22-12)4-3-5-19(16)23-20(26)17-10-21-9-14-11-24(13(2)25)7-6-15(14)17/h3-5,8-10,22H,6-7,11H2,1-2H3,(H,23,26). The van der Waals surface area contributed by atoms with Crippen LogP contribution in [0.5, 0.6) is 0 Å². The molecule has 1 aliphatic heterocycles. The topological polar surface area (TPSA) is 78.1 Å². The zero-order valence-corrected chi connectivity index (χ0v) is 14.8. The average molecular weight is 348 g/mol. The van der Waals surface area contributed by atoms with E-state index in [0.717, 1.165) is 33.4 Å². The Hall–Kier alpha value is -3.15. The molecular formula is C20H20N4O2. The number of carbonyl (C=O) groups is 2. The molecule has 1 aromatic carbocycles. The van der Waals surface area contributed by atoms with Crippen LogP contribution >= 0.6 is 0 Å². The Kier molecular flexibility index (Phi) is 3.95. The van der Waals surface area contributed by atoms with Gasteiger partial charge < -0.3 is 15.2 Å². The van der Waals surface area contributed by atoms with Gasteiger partial charge >= 0.3 is 0 Å². The van der Waals surface area contributed by atoms with Crippen LogP contribution in [0.4, 0.5) is 5.69 Å². The van der Waals surface area contributed by atoms with E-state index in [4.69, 9.17) is 0 Å². The fourth-order valence-corrected chi connectivity index (χ4v) is 3.55. The van der Waals surface area contributed by atoms with Gasteiger partial charge in [-0.2, -0.15) is 0 Å². The van der Waals surface area contributed by atoms with Crippen molar-refractivity contribution >= 4 is 28.4 Å². The minimum atomic E-state index is -0.169. The van der Waals surface area contributed by atoms with Crippen molar-refractivity contribution in [3.05, 3.63) is 59.0 Å². The lowest BCUT2D eigenvalue weighted by molar-refractivity contribution is -0.129. The molecule has 0 atom stereocenters. The van der Waals surface area contributed by atoms with Gasteiger partial charge in [-0.15, -0.1) is 0 Å². The predicted octanol–water partition coefficient (Wildman–Crippen LogP) is 3.03. The monoisotopic (exact) mass is 348 g/mol. The fourth-order valence-electron chi connectivity index (χ4n) is 3.55. The number of rotatable bonds is 2. The number of fused-ring (bicyclic) bond motifs is 2. The minimum Gasteiger partial charge on any atom is -0.359 e. The number of aryl methyl sites for hydroxylation is 1. The summed E-state index contributed by atoms with van der Waals surface area (Å²) in [6.07, 6.45) is 4.02. The molecular weight excluding hydrogens is 328 g/mol. The number of amides is 2. The summed E-state index contributed by atoms with van der Waals surface area (Å²) in [5, 5.41) is 4.00. The van der Waals surface area contributed by atoms with Gasteiger partial charge in [0, 0.05) is 49.0 Å². The van der Waals surface area contributed by atoms with E-state index < -0.39 is 0 Å². The number of hydrogen-bond acceptors (Lipinski definition) is 3. The second-order valence-electron chi connectivity index (χ2n) is 6.69. The number of hydrogen-bond donors (Lipinski definition) is 2. The van der Waals surface area contributed by atoms with Crippen LogP contribution in [0.3, 0.4) is 0 Å². The predicted molar refractivity (Wildman–Crippen MR) is 100 cm³/mol. The van der Waals surface area contributed by atoms with Gasteiger partial charge in [-0.3, -0.25) is 14.6 Å². The molecule has 0 aliphatic carbocycles. The van der Waals surface area contributed by atoms with Crippen LogP contribution in [0.1, 0.15) is 34.1 Å². The number of nitrogens with one attached hydrogen (secondary N) is 2. The number of carbonyl (C=O) groups excluding carboxylic acids is 2. The first kappa shape index (κ1) is 16.3. The van der Waals surface area contributed by atoms with Gasteiger partial charge in [0.25, 0.3) is 5.91 Å². The molecule has 6 heteroatoms. The van der Waals surface area contributed by atoms with Crippen molar-refractivity contribution in [2.45, 2.75) is 26.8 Å². The quantitative estimate of drug-likeness (QED) is 0.747. The van der Waals surface area contributed by atoms with Crippen molar-refractivity contribution in [2.75, 3.05) is 11.9 Å². The van der Waals surface area contributed by atoms with Gasteiger partial charge in [-0.25, -0.2) is 0 Å². The first-order valence-corrected chi connectivity index (χ1v) is 8.64. The van der Waals surface area contributed by atoms with Crippen molar-refractivity contribution in [1.82, 2.24) is 14.9 Å². The van der Waals surface area contributed by atoms with Crippen LogP contribution in [0.2, 0.25) is 0 Å². The molecule has 0 fully saturated rings. The molecule has 26 heavy (non-hydrogen) atoms. The summed E-state index contributed by atoms with van der Waals surface area (Å²) < 4.78 is 0. The molecule has 3 aromatic rings. The van der Waals surface area contributed by atoms with Crippen molar-refractivity contribution in [3.8, 4) is 0 Å². The van der Waals surface area contributed by atoms with Crippen LogP contribution in [0.15, 0.2) is 36.7 Å². The summed E-state index contributed by atoms with van der Waals surface area (Å²) >= 11 is 0. The Balaban J connectivity index is 1.65. The summed E-state index contributed by atoms with van der Waals surface area (Å²) in [5.74, 6) is -0.128. The smallest absolute Gasteiger partial charge is 0.257 e. The van der Waals surface area contributed by atoms with Crippen LogP contribution < -0.4 is 5.32 Å². The third kappa shape index (κ3) is 2.83. The number of aromatic nitrogens is 2. The Labute approximate surface area is 151 Å². The van der Waals surface area contributed by atoms with Crippen molar-refractivity contribution < 1.29 is 9.59 Å². The number of nitrogens with zero attached hydrogens (tertiary/aromatic N) is 2. The normalized spacial score (nSPS) is 13.5. The van der Waals surface area contributed by atoms with Crippen LogP contribution in [-0.2, 0) is 17.8 Å². The zero-order valence-electron chi connectivity index (χ0n) is 14.8. The van der Waals surface area contributed by atoms with E-state index in [1.807, 2.05) is 31.2 Å². The SMILES string of the molecule is CC(=O)N1CCc2c(cncc2C(=O)Nc2cccc3[nH]c(C)cc23)C1. The second-order valence-corrected chi connectivity index (χ2v) is 6.69. The van der Waals surface area contributed by atoms with Gasteiger partial charge in [0.15, 0.2) is 0 Å². The summed E-state index contributed by atoms with van der Waals surface area (Å²) in [6.45, 7) is 4.68. The largest absolute Gasteiger partial charge is 0.359 e. The van der Waals surface area contributed by atoms with Crippen molar-refractivity contribution in [1.29, 1.82) is 0 Å². The summed E-state index contributed by atoms with van der Waals surface area (Å²) in [5.41, 5.74) is 5.31. The van der Waals surface area contributed by atoms with Gasteiger partial charge in [0.1, 0.15) is 0 Å². The molecule has 0 unspecified atom stereocenters. The number of pyridine rings is 1. The molecule has 3 heterocycles. The lowest BCUT2D eigenvalue weighted by atomic mass is 9.96. The minimum absolute atomic E-state index is 0.0417. The zero-order chi connectivity index (χ0) is 18.3. The Bertz CT molecular complexity index is 1020. The first-order chi connectivity index (χ1) is 12.5. The summed E-state index contributed by atoms with van der Waals surface area (Å²) in [7, 11) is 0. The molecule has 6 nitrogen and oxygen atoms in total. The first-order valence-electron chi connectivity index (χ1n) is 8.64. The molecule has 0 spiro atoms. The maximum absolute atomic E-state index is 12.9. The molecule has 1 aliphatic rings. The third-order valence-electron chi connectivity index (χ3n) is 4.88.